The molecule has 1 N–H and O–H groups in total. The minimum atomic E-state index is -0.193. The smallest absolute Gasteiger partial charge is 0.241 e. The maximum Gasteiger partial charge on any atom is 0.241 e. The van der Waals surface area contributed by atoms with Gasteiger partial charge in [0.1, 0.15) is 5.54 Å². The van der Waals surface area contributed by atoms with Crippen LogP contribution >= 0.6 is 0 Å². The van der Waals surface area contributed by atoms with Crippen LogP contribution in [0.5, 0.6) is 0 Å². The van der Waals surface area contributed by atoms with E-state index in [0.29, 0.717) is 5.91 Å². The predicted octanol–water partition coefficient (Wildman–Crippen LogP) is 4.54. The van der Waals surface area contributed by atoms with Crippen LogP contribution in [0.25, 0.3) is 0 Å². The Morgan fingerprint density at radius 1 is 0.963 bits per heavy atom. The van der Waals surface area contributed by atoms with E-state index >= 15 is 0 Å². The number of hydrogen-bond acceptors (Lipinski definition) is 3. The number of unbranched alkanes of at least 4 members (excludes halogenated alkanes) is 4. The second-order valence-corrected chi connectivity index (χ2v) is 9.37. The highest BCUT2D eigenvalue weighted by molar-refractivity contribution is 5.88. The highest BCUT2D eigenvalue weighted by Crippen LogP contribution is 2.37. The molecule has 1 saturated carbocycles. The van der Waals surface area contributed by atoms with Gasteiger partial charge < -0.3 is 10.2 Å². The largest absolute Gasteiger partial charge is 0.342 e. The molecule has 27 heavy (non-hydrogen) atoms. The van der Waals surface area contributed by atoms with E-state index in [1.807, 2.05) is 0 Å². The van der Waals surface area contributed by atoms with Gasteiger partial charge in [-0.15, -0.1) is 0 Å². The number of amides is 1. The number of carbonyl (C=O) groups excluding carboxylic acids is 1. The van der Waals surface area contributed by atoms with Crippen molar-refractivity contribution in [3.63, 3.8) is 0 Å². The van der Waals surface area contributed by atoms with Gasteiger partial charge in [-0.3, -0.25) is 9.69 Å². The van der Waals surface area contributed by atoms with Crippen LogP contribution in [0, 0.1) is 5.92 Å². The van der Waals surface area contributed by atoms with Gasteiger partial charge in [-0.2, -0.15) is 0 Å². The Morgan fingerprint density at radius 2 is 1.63 bits per heavy atom. The Hall–Kier alpha value is -0.610. The average molecular weight is 378 g/mol. The van der Waals surface area contributed by atoms with E-state index in [1.165, 1.54) is 70.6 Å². The molecule has 0 aromatic carbocycles. The highest BCUT2D eigenvalue weighted by atomic mass is 16.2. The first-order chi connectivity index (χ1) is 13.2. The number of nitrogens with one attached hydrogen (secondary N) is 1. The number of carbonyl (C=O) groups is 1. The molecule has 2 aliphatic heterocycles. The molecule has 4 heteroatoms. The fourth-order valence-electron chi connectivity index (χ4n) is 5.76. The summed E-state index contributed by atoms with van der Waals surface area (Å²) in [6.45, 7) is 8.63. The number of nitrogens with zero attached hydrogens (tertiary/aromatic N) is 2. The topological polar surface area (TPSA) is 35.6 Å². The number of rotatable bonds is 9. The van der Waals surface area contributed by atoms with E-state index in [0.717, 1.165) is 51.1 Å². The highest BCUT2D eigenvalue weighted by Gasteiger charge is 2.50. The normalized spacial score (nSPS) is 29.3. The zero-order valence-electron chi connectivity index (χ0n) is 18.0. The summed E-state index contributed by atoms with van der Waals surface area (Å²) in [6.07, 6.45) is 17.1. The molecule has 0 aromatic heterocycles. The van der Waals surface area contributed by atoms with Crippen molar-refractivity contribution in [2.45, 2.75) is 109 Å². The minimum Gasteiger partial charge on any atom is -0.342 e. The van der Waals surface area contributed by atoms with Crippen molar-refractivity contribution < 1.29 is 4.79 Å². The number of piperidine rings is 1. The number of hydrogen-bond donors (Lipinski definition) is 1. The first-order valence-corrected chi connectivity index (χ1v) is 12.0. The fourth-order valence-corrected chi connectivity index (χ4v) is 5.76. The third-order valence-electron chi connectivity index (χ3n) is 7.66. The molecule has 3 rings (SSSR count). The summed E-state index contributed by atoms with van der Waals surface area (Å²) >= 11 is 0. The molecule has 3 aliphatic rings. The predicted molar refractivity (Wildman–Crippen MR) is 113 cm³/mol. The van der Waals surface area contributed by atoms with E-state index in [4.69, 9.17) is 0 Å². The minimum absolute atomic E-state index is 0.193. The van der Waals surface area contributed by atoms with E-state index in [1.54, 1.807) is 0 Å². The van der Waals surface area contributed by atoms with Crippen molar-refractivity contribution in [1.29, 1.82) is 0 Å². The van der Waals surface area contributed by atoms with Gasteiger partial charge in [-0.05, 0) is 50.9 Å². The van der Waals surface area contributed by atoms with Crippen molar-refractivity contribution in [2.24, 2.45) is 5.92 Å². The first kappa shape index (κ1) is 21.1. The molecule has 156 valence electrons. The molecule has 1 spiro atoms. The van der Waals surface area contributed by atoms with Crippen LogP contribution in [0.4, 0.5) is 0 Å². The van der Waals surface area contributed by atoms with Crippen molar-refractivity contribution in [1.82, 2.24) is 15.1 Å². The van der Waals surface area contributed by atoms with Crippen molar-refractivity contribution >= 4 is 5.91 Å². The molecule has 4 nitrogen and oxygen atoms in total. The summed E-state index contributed by atoms with van der Waals surface area (Å²) in [6, 6.07) is 0.780. The van der Waals surface area contributed by atoms with Gasteiger partial charge in [-0.25, -0.2) is 0 Å². The molecule has 0 unspecified atom stereocenters. The van der Waals surface area contributed by atoms with Crippen LogP contribution in [-0.2, 0) is 4.79 Å². The fraction of sp³-hybridized carbons (Fsp3) is 0.957. The molecule has 1 amide bonds. The number of likely N-dealkylation sites (tertiary alicyclic amines) is 1. The van der Waals surface area contributed by atoms with Gasteiger partial charge in [0.2, 0.25) is 5.91 Å². The standard InChI is InChI=1S/C23H43N3O/c1-3-5-7-9-20-10-12-21(13-11-20)25-17-14-23(15-18-25)22(27)24-19-26(23)16-8-6-4-2/h20-21H,3-19H2,1-2H3,(H,24,27). The SMILES string of the molecule is CCCCCC1CCC(N2CCC3(CC2)C(=O)NCN3CCCCC)CC1. The second-order valence-electron chi connectivity index (χ2n) is 9.37. The first-order valence-electron chi connectivity index (χ1n) is 12.0. The third-order valence-corrected chi connectivity index (χ3v) is 7.66. The maximum atomic E-state index is 12.7. The molecular weight excluding hydrogens is 334 g/mol. The zero-order chi connectivity index (χ0) is 19.1. The molecule has 0 atom stereocenters. The molecule has 0 radical (unpaired) electrons. The van der Waals surface area contributed by atoms with Crippen LogP contribution in [0.1, 0.15) is 97.3 Å². The summed E-state index contributed by atoms with van der Waals surface area (Å²) in [5.74, 6) is 1.29. The summed E-state index contributed by atoms with van der Waals surface area (Å²) in [7, 11) is 0. The quantitative estimate of drug-likeness (QED) is 0.599. The molecule has 0 bridgehead atoms. The Balaban J connectivity index is 1.45. The van der Waals surface area contributed by atoms with E-state index in [2.05, 4.69) is 29.0 Å². The molecule has 0 aromatic rings. The molecule has 2 heterocycles. The molecule has 1 aliphatic carbocycles. The zero-order valence-corrected chi connectivity index (χ0v) is 18.0. The summed E-state index contributed by atoms with van der Waals surface area (Å²) in [4.78, 5) is 17.9. The average Bonchev–Trinajstić information content (AvgIpc) is 2.99. The van der Waals surface area contributed by atoms with Gasteiger partial charge in [0.15, 0.2) is 0 Å². The molecular formula is C23H43N3O. The maximum absolute atomic E-state index is 12.7. The summed E-state index contributed by atoms with van der Waals surface area (Å²) < 4.78 is 0. The van der Waals surface area contributed by atoms with Crippen LogP contribution in [0.15, 0.2) is 0 Å². The van der Waals surface area contributed by atoms with Gasteiger partial charge in [0.25, 0.3) is 0 Å². The van der Waals surface area contributed by atoms with Crippen LogP contribution in [0.2, 0.25) is 0 Å². The van der Waals surface area contributed by atoms with E-state index in [-0.39, 0.29) is 5.54 Å². The Kier molecular flexibility index (Phi) is 8.01. The van der Waals surface area contributed by atoms with Gasteiger partial charge in [0.05, 0.1) is 6.67 Å². The van der Waals surface area contributed by atoms with Gasteiger partial charge in [0, 0.05) is 25.7 Å². The van der Waals surface area contributed by atoms with Crippen molar-refractivity contribution in [3.8, 4) is 0 Å². The monoisotopic (exact) mass is 377 g/mol. The van der Waals surface area contributed by atoms with E-state index in [9.17, 15) is 4.79 Å². The summed E-state index contributed by atoms with van der Waals surface area (Å²) in [5.41, 5.74) is -0.193. The molecule has 3 fully saturated rings. The van der Waals surface area contributed by atoms with Crippen molar-refractivity contribution in [2.75, 3.05) is 26.3 Å². The lowest BCUT2D eigenvalue weighted by Gasteiger charge is -2.46. The van der Waals surface area contributed by atoms with Crippen molar-refractivity contribution in [3.05, 3.63) is 0 Å². The lowest BCUT2D eigenvalue weighted by molar-refractivity contribution is -0.129. The van der Waals surface area contributed by atoms with Gasteiger partial charge >= 0.3 is 0 Å². The Morgan fingerprint density at radius 3 is 2.30 bits per heavy atom. The van der Waals surface area contributed by atoms with Crippen LogP contribution in [-0.4, -0.2) is 53.6 Å². The third kappa shape index (κ3) is 5.06. The Bertz CT molecular complexity index is 451. The second kappa shape index (κ2) is 10.2. The lowest BCUT2D eigenvalue weighted by Crippen LogP contribution is -2.58. The lowest BCUT2D eigenvalue weighted by atomic mass is 9.80. The molecule has 2 saturated heterocycles. The van der Waals surface area contributed by atoms with Gasteiger partial charge in [-0.1, -0.05) is 52.4 Å². The summed E-state index contributed by atoms with van der Waals surface area (Å²) in [5, 5.41) is 3.15. The van der Waals surface area contributed by atoms with Crippen LogP contribution < -0.4 is 5.32 Å². The Labute approximate surface area is 167 Å². The van der Waals surface area contributed by atoms with E-state index < -0.39 is 0 Å². The van der Waals surface area contributed by atoms with Crippen LogP contribution in [0.3, 0.4) is 0 Å².